The minimum Gasteiger partial charge on any atom is -0.493 e. The lowest BCUT2D eigenvalue weighted by atomic mass is 10.2. The number of para-hydroxylation sites is 2. The van der Waals surface area contributed by atoms with E-state index in [2.05, 4.69) is 21.2 Å². The molecule has 9 heteroatoms. The minimum absolute atomic E-state index is 0.204. The zero-order valence-corrected chi connectivity index (χ0v) is 19.6. The van der Waals surface area contributed by atoms with Crippen LogP contribution in [-0.4, -0.2) is 37.7 Å². The zero-order chi connectivity index (χ0) is 25.2. The summed E-state index contributed by atoms with van der Waals surface area (Å²) in [5.74, 6) is -1.30. The van der Waals surface area contributed by atoms with Crippen molar-refractivity contribution in [1.29, 1.82) is 0 Å². The zero-order valence-electron chi connectivity index (χ0n) is 19.6. The maximum atomic E-state index is 12.2. The SMILES string of the molecule is COc1cc(/C=N\NC(=O)C(=O)Nc2ccccc2C)ccc1OCC(=O)Nc1ccccc1C. The summed E-state index contributed by atoms with van der Waals surface area (Å²) in [5, 5.41) is 9.14. The molecule has 0 heterocycles. The summed E-state index contributed by atoms with van der Waals surface area (Å²) in [6, 6.07) is 19.5. The molecular formula is C26H26N4O5. The van der Waals surface area contributed by atoms with Crippen molar-refractivity contribution in [2.24, 2.45) is 5.10 Å². The fraction of sp³-hybridized carbons (Fsp3) is 0.154. The number of carbonyl (C=O) groups excluding carboxylic acids is 3. The molecule has 0 atom stereocenters. The van der Waals surface area contributed by atoms with Crippen LogP contribution in [0.5, 0.6) is 11.5 Å². The van der Waals surface area contributed by atoms with E-state index in [0.29, 0.717) is 28.4 Å². The smallest absolute Gasteiger partial charge is 0.329 e. The third-order valence-electron chi connectivity index (χ3n) is 4.94. The van der Waals surface area contributed by atoms with E-state index in [-0.39, 0.29) is 12.5 Å². The van der Waals surface area contributed by atoms with E-state index < -0.39 is 11.8 Å². The topological polar surface area (TPSA) is 118 Å². The monoisotopic (exact) mass is 474 g/mol. The Morgan fingerprint density at radius 1 is 0.829 bits per heavy atom. The van der Waals surface area contributed by atoms with Gasteiger partial charge in [-0.25, -0.2) is 5.43 Å². The largest absolute Gasteiger partial charge is 0.493 e. The van der Waals surface area contributed by atoms with Crippen molar-refractivity contribution in [3.63, 3.8) is 0 Å². The molecule has 0 radical (unpaired) electrons. The molecule has 3 rings (SSSR count). The predicted octanol–water partition coefficient (Wildman–Crippen LogP) is 3.42. The van der Waals surface area contributed by atoms with Crippen molar-refractivity contribution in [2.45, 2.75) is 13.8 Å². The van der Waals surface area contributed by atoms with Crippen molar-refractivity contribution in [3.05, 3.63) is 83.4 Å². The van der Waals surface area contributed by atoms with Gasteiger partial charge in [0.2, 0.25) is 0 Å². The van der Waals surface area contributed by atoms with Crippen LogP contribution in [0.3, 0.4) is 0 Å². The van der Waals surface area contributed by atoms with Gasteiger partial charge in [-0.15, -0.1) is 0 Å². The number of hydrazone groups is 1. The highest BCUT2D eigenvalue weighted by Crippen LogP contribution is 2.27. The first-order valence-electron chi connectivity index (χ1n) is 10.7. The van der Waals surface area contributed by atoms with Gasteiger partial charge in [0.25, 0.3) is 5.91 Å². The van der Waals surface area contributed by atoms with Gasteiger partial charge in [0.1, 0.15) is 0 Å². The molecular weight excluding hydrogens is 448 g/mol. The first-order chi connectivity index (χ1) is 16.9. The van der Waals surface area contributed by atoms with E-state index >= 15 is 0 Å². The van der Waals surface area contributed by atoms with E-state index in [9.17, 15) is 14.4 Å². The molecule has 35 heavy (non-hydrogen) atoms. The van der Waals surface area contributed by atoms with Crippen LogP contribution in [0.1, 0.15) is 16.7 Å². The second-order valence-electron chi connectivity index (χ2n) is 7.53. The van der Waals surface area contributed by atoms with Crippen LogP contribution in [0.2, 0.25) is 0 Å². The summed E-state index contributed by atoms with van der Waals surface area (Å²) < 4.78 is 10.9. The third kappa shape index (κ3) is 7.16. The number of nitrogens with one attached hydrogen (secondary N) is 3. The van der Waals surface area contributed by atoms with Gasteiger partial charge in [0.15, 0.2) is 18.1 Å². The van der Waals surface area contributed by atoms with Crippen LogP contribution in [0.4, 0.5) is 11.4 Å². The molecule has 0 aliphatic heterocycles. The maximum absolute atomic E-state index is 12.2. The quantitative estimate of drug-likeness (QED) is 0.263. The van der Waals surface area contributed by atoms with E-state index in [1.165, 1.54) is 13.3 Å². The number of ether oxygens (including phenoxy) is 2. The molecule has 0 saturated carbocycles. The molecule has 0 spiro atoms. The predicted molar refractivity (Wildman–Crippen MR) is 134 cm³/mol. The van der Waals surface area contributed by atoms with Gasteiger partial charge in [-0.05, 0) is 60.9 Å². The summed E-state index contributed by atoms with van der Waals surface area (Å²) in [6.07, 6.45) is 1.36. The second kappa shape index (κ2) is 12.0. The highest BCUT2D eigenvalue weighted by molar-refractivity contribution is 6.39. The number of aryl methyl sites for hydroxylation is 2. The van der Waals surface area contributed by atoms with Crippen molar-refractivity contribution < 1.29 is 23.9 Å². The maximum Gasteiger partial charge on any atom is 0.329 e. The Labute approximate surface area is 203 Å². The molecule has 3 amide bonds. The van der Waals surface area contributed by atoms with Gasteiger partial charge in [0, 0.05) is 11.4 Å². The van der Waals surface area contributed by atoms with Gasteiger partial charge in [-0.2, -0.15) is 5.10 Å². The highest BCUT2D eigenvalue weighted by atomic mass is 16.5. The number of nitrogens with zero attached hydrogens (tertiary/aromatic N) is 1. The lowest BCUT2D eigenvalue weighted by molar-refractivity contribution is -0.136. The summed E-state index contributed by atoms with van der Waals surface area (Å²) in [7, 11) is 1.47. The van der Waals surface area contributed by atoms with Crippen molar-refractivity contribution in [2.75, 3.05) is 24.4 Å². The Kier molecular flexibility index (Phi) is 8.55. The number of hydrogen-bond acceptors (Lipinski definition) is 6. The average molecular weight is 475 g/mol. The fourth-order valence-electron chi connectivity index (χ4n) is 3.03. The lowest BCUT2D eigenvalue weighted by Crippen LogP contribution is -2.32. The van der Waals surface area contributed by atoms with Crippen LogP contribution in [0, 0.1) is 13.8 Å². The Bertz CT molecular complexity index is 1260. The molecule has 3 N–H and O–H groups in total. The summed E-state index contributed by atoms with van der Waals surface area (Å²) in [6.45, 7) is 3.52. The standard InChI is InChI=1S/C26H26N4O5/c1-17-8-4-6-10-20(17)28-24(31)16-35-22-13-12-19(14-23(22)34-3)15-27-30-26(33)25(32)29-21-11-7-5-9-18(21)2/h4-15H,16H2,1-3H3,(H,28,31)(H,29,32)(H,30,33)/b27-15-. The van der Waals surface area contributed by atoms with Crippen LogP contribution in [0.15, 0.2) is 71.8 Å². The van der Waals surface area contributed by atoms with E-state index in [0.717, 1.165) is 11.1 Å². The number of methoxy groups -OCH3 is 1. The molecule has 3 aromatic carbocycles. The summed E-state index contributed by atoms with van der Waals surface area (Å²) in [5.41, 5.74) is 5.81. The molecule has 0 fully saturated rings. The van der Waals surface area contributed by atoms with Gasteiger partial charge in [-0.3, -0.25) is 14.4 Å². The normalized spacial score (nSPS) is 10.5. The molecule has 0 aliphatic rings. The van der Waals surface area contributed by atoms with Gasteiger partial charge in [-0.1, -0.05) is 36.4 Å². The van der Waals surface area contributed by atoms with E-state index in [1.54, 1.807) is 30.3 Å². The number of rotatable bonds is 8. The van der Waals surface area contributed by atoms with E-state index in [1.807, 2.05) is 50.2 Å². The Morgan fingerprint density at radius 2 is 1.46 bits per heavy atom. The minimum atomic E-state index is -0.906. The van der Waals surface area contributed by atoms with Crippen molar-refractivity contribution in [1.82, 2.24) is 5.43 Å². The average Bonchev–Trinajstić information content (AvgIpc) is 2.85. The number of anilines is 2. The number of benzene rings is 3. The van der Waals surface area contributed by atoms with Crippen molar-refractivity contribution in [3.8, 4) is 11.5 Å². The van der Waals surface area contributed by atoms with Crippen LogP contribution >= 0.6 is 0 Å². The molecule has 3 aromatic rings. The fourth-order valence-corrected chi connectivity index (χ4v) is 3.03. The van der Waals surface area contributed by atoms with Gasteiger partial charge >= 0.3 is 11.8 Å². The first-order valence-corrected chi connectivity index (χ1v) is 10.7. The molecule has 180 valence electrons. The van der Waals surface area contributed by atoms with Crippen LogP contribution in [0.25, 0.3) is 0 Å². The number of hydrogen-bond donors (Lipinski definition) is 3. The Balaban J connectivity index is 1.54. The molecule has 0 saturated heterocycles. The van der Waals surface area contributed by atoms with Crippen LogP contribution in [-0.2, 0) is 14.4 Å². The molecule has 0 unspecified atom stereocenters. The third-order valence-corrected chi connectivity index (χ3v) is 4.94. The van der Waals surface area contributed by atoms with Gasteiger partial charge < -0.3 is 20.1 Å². The Morgan fingerprint density at radius 3 is 2.09 bits per heavy atom. The molecule has 9 nitrogen and oxygen atoms in total. The summed E-state index contributed by atoms with van der Waals surface area (Å²) >= 11 is 0. The number of carbonyl (C=O) groups is 3. The first kappa shape index (κ1) is 25.0. The second-order valence-corrected chi connectivity index (χ2v) is 7.53. The lowest BCUT2D eigenvalue weighted by Gasteiger charge is -2.12. The Hall–Kier alpha value is -4.66. The molecule has 0 aromatic heterocycles. The van der Waals surface area contributed by atoms with Gasteiger partial charge in [0.05, 0.1) is 13.3 Å². The molecule has 0 bridgehead atoms. The van der Waals surface area contributed by atoms with Crippen molar-refractivity contribution >= 4 is 35.3 Å². The van der Waals surface area contributed by atoms with E-state index in [4.69, 9.17) is 9.47 Å². The van der Waals surface area contributed by atoms with Crippen LogP contribution < -0.4 is 25.5 Å². The molecule has 0 aliphatic carbocycles. The summed E-state index contributed by atoms with van der Waals surface area (Å²) in [4.78, 5) is 36.3. The highest BCUT2D eigenvalue weighted by Gasteiger charge is 2.14. The number of amides is 3.